The highest BCUT2D eigenvalue weighted by atomic mass is 16.2. The Hall–Kier alpha value is -3.36. The molecule has 1 aromatic carbocycles. The fourth-order valence-corrected chi connectivity index (χ4v) is 1.71. The van der Waals surface area contributed by atoms with Crippen LogP contribution < -0.4 is 10.9 Å². The summed E-state index contributed by atoms with van der Waals surface area (Å²) < 4.78 is 1.43. The largest absolute Gasteiger partial charge is 0.319 e. The first-order valence-corrected chi connectivity index (χ1v) is 5.93. The Morgan fingerprint density at radius 1 is 1.19 bits per heavy atom. The summed E-state index contributed by atoms with van der Waals surface area (Å²) >= 11 is 0. The van der Waals surface area contributed by atoms with Crippen molar-refractivity contribution in [2.75, 3.05) is 5.32 Å². The molecule has 0 aliphatic heterocycles. The van der Waals surface area contributed by atoms with Crippen molar-refractivity contribution in [2.24, 2.45) is 0 Å². The number of aromatic nitrogens is 6. The standard InChI is InChI=1S/C12H9N7O2/c20-11-6-5-9(15-16-11)12(21)14-8-3-1-2-4-10(8)19-7-13-17-18-19/h1-7H,(H,14,21)(H,16,20). The molecule has 0 saturated heterocycles. The second-order valence-corrected chi connectivity index (χ2v) is 4.03. The van der Waals surface area contributed by atoms with Crippen molar-refractivity contribution in [1.29, 1.82) is 0 Å². The summed E-state index contributed by atoms with van der Waals surface area (Å²) in [6.45, 7) is 0. The Morgan fingerprint density at radius 3 is 2.76 bits per heavy atom. The number of H-pyrrole nitrogens is 1. The van der Waals surface area contributed by atoms with Gasteiger partial charge in [0.2, 0.25) is 0 Å². The van der Waals surface area contributed by atoms with Gasteiger partial charge in [0, 0.05) is 6.07 Å². The monoisotopic (exact) mass is 283 g/mol. The topological polar surface area (TPSA) is 118 Å². The first kappa shape index (κ1) is 12.7. The molecule has 9 heteroatoms. The van der Waals surface area contributed by atoms with Gasteiger partial charge in [0.25, 0.3) is 11.5 Å². The average molecular weight is 283 g/mol. The van der Waals surface area contributed by atoms with E-state index in [0.29, 0.717) is 11.4 Å². The van der Waals surface area contributed by atoms with E-state index >= 15 is 0 Å². The van der Waals surface area contributed by atoms with Gasteiger partial charge in [-0.05, 0) is 28.6 Å². The summed E-state index contributed by atoms with van der Waals surface area (Å²) in [6, 6.07) is 9.60. The zero-order valence-electron chi connectivity index (χ0n) is 10.6. The maximum absolute atomic E-state index is 12.1. The maximum atomic E-state index is 12.1. The molecule has 0 bridgehead atoms. The van der Waals surface area contributed by atoms with Crippen molar-refractivity contribution in [3.8, 4) is 5.69 Å². The number of para-hydroxylation sites is 2. The van der Waals surface area contributed by atoms with E-state index in [-0.39, 0.29) is 11.3 Å². The molecule has 0 spiro atoms. The fourth-order valence-electron chi connectivity index (χ4n) is 1.71. The van der Waals surface area contributed by atoms with Gasteiger partial charge in [-0.3, -0.25) is 9.59 Å². The quantitative estimate of drug-likeness (QED) is 0.698. The molecule has 0 atom stereocenters. The Labute approximate surface area is 117 Å². The van der Waals surface area contributed by atoms with Gasteiger partial charge in [-0.2, -0.15) is 9.78 Å². The highest BCUT2D eigenvalue weighted by Gasteiger charge is 2.11. The number of anilines is 1. The van der Waals surface area contributed by atoms with E-state index in [9.17, 15) is 9.59 Å². The van der Waals surface area contributed by atoms with E-state index in [1.54, 1.807) is 24.3 Å². The summed E-state index contributed by atoms with van der Waals surface area (Å²) in [5.41, 5.74) is 0.852. The lowest BCUT2D eigenvalue weighted by molar-refractivity contribution is 0.102. The SMILES string of the molecule is O=C(Nc1ccccc1-n1cnnn1)c1ccc(=O)[nH]n1. The van der Waals surface area contributed by atoms with Crippen LogP contribution >= 0.6 is 0 Å². The first-order chi connectivity index (χ1) is 10.2. The predicted octanol–water partition coefficient (Wildman–Crippen LogP) is -0.00210. The van der Waals surface area contributed by atoms with Gasteiger partial charge in [0.05, 0.1) is 11.4 Å². The van der Waals surface area contributed by atoms with Crippen molar-refractivity contribution >= 4 is 11.6 Å². The summed E-state index contributed by atoms with van der Waals surface area (Å²) in [7, 11) is 0. The van der Waals surface area contributed by atoms with Gasteiger partial charge < -0.3 is 5.32 Å². The van der Waals surface area contributed by atoms with Gasteiger partial charge in [-0.25, -0.2) is 5.10 Å². The molecule has 3 aromatic rings. The van der Waals surface area contributed by atoms with Crippen LogP contribution in [0.3, 0.4) is 0 Å². The number of benzene rings is 1. The number of rotatable bonds is 3. The third kappa shape index (κ3) is 2.66. The Morgan fingerprint density at radius 2 is 2.05 bits per heavy atom. The molecule has 1 amide bonds. The maximum Gasteiger partial charge on any atom is 0.276 e. The van der Waals surface area contributed by atoms with E-state index in [1.165, 1.54) is 23.1 Å². The highest BCUT2D eigenvalue weighted by molar-refractivity contribution is 6.03. The Kier molecular flexibility index (Phi) is 3.21. The first-order valence-electron chi connectivity index (χ1n) is 5.93. The second kappa shape index (κ2) is 5.33. The summed E-state index contributed by atoms with van der Waals surface area (Å²) in [6.07, 6.45) is 1.42. The summed E-state index contributed by atoms with van der Waals surface area (Å²) in [4.78, 5) is 23.0. The Bertz CT molecular complexity index is 805. The van der Waals surface area contributed by atoms with Crippen LogP contribution in [-0.4, -0.2) is 36.3 Å². The smallest absolute Gasteiger partial charge is 0.276 e. The molecular weight excluding hydrogens is 274 g/mol. The van der Waals surface area contributed by atoms with Crippen LogP contribution in [-0.2, 0) is 0 Å². The van der Waals surface area contributed by atoms with E-state index in [2.05, 4.69) is 31.0 Å². The zero-order chi connectivity index (χ0) is 14.7. The molecule has 0 saturated carbocycles. The average Bonchev–Trinajstić information content (AvgIpc) is 3.02. The number of nitrogens with one attached hydrogen (secondary N) is 2. The number of aromatic amines is 1. The van der Waals surface area contributed by atoms with Gasteiger partial charge in [0.1, 0.15) is 12.0 Å². The third-order valence-electron chi connectivity index (χ3n) is 2.66. The van der Waals surface area contributed by atoms with Crippen LogP contribution in [0.2, 0.25) is 0 Å². The van der Waals surface area contributed by atoms with Crippen LogP contribution in [0.4, 0.5) is 5.69 Å². The lowest BCUT2D eigenvalue weighted by atomic mass is 10.2. The molecule has 3 rings (SSSR count). The second-order valence-electron chi connectivity index (χ2n) is 4.03. The van der Waals surface area contributed by atoms with Crippen LogP contribution in [0.15, 0.2) is 47.5 Å². The van der Waals surface area contributed by atoms with Crippen molar-refractivity contribution in [2.45, 2.75) is 0 Å². The van der Waals surface area contributed by atoms with E-state index in [4.69, 9.17) is 0 Å². The van der Waals surface area contributed by atoms with Gasteiger partial charge in [-0.15, -0.1) is 5.10 Å². The van der Waals surface area contributed by atoms with Crippen LogP contribution in [0.25, 0.3) is 5.69 Å². The number of tetrazole rings is 1. The lowest BCUT2D eigenvalue weighted by Crippen LogP contribution is -2.18. The molecule has 0 radical (unpaired) electrons. The third-order valence-corrected chi connectivity index (χ3v) is 2.66. The summed E-state index contributed by atoms with van der Waals surface area (Å²) in [5, 5.41) is 19.5. The normalized spacial score (nSPS) is 10.3. The fraction of sp³-hybridized carbons (Fsp3) is 0. The molecule has 0 aliphatic carbocycles. The highest BCUT2D eigenvalue weighted by Crippen LogP contribution is 2.18. The van der Waals surface area contributed by atoms with Crippen LogP contribution in [0.5, 0.6) is 0 Å². The molecule has 0 unspecified atom stereocenters. The number of carbonyl (C=O) groups excluding carboxylic acids is 1. The van der Waals surface area contributed by atoms with E-state index in [0.717, 1.165) is 0 Å². The minimum atomic E-state index is -0.452. The molecule has 104 valence electrons. The van der Waals surface area contributed by atoms with Crippen molar-refractivity contribution in [1.82, 2.24) is 30.4 Å². The van der Waals surface area contributed by atoms with E-state index in [1.807, 2.05) is 0 Å². The van der Waals surface area contributed by atoms with E-state index < -0.39 is 5.91 Å². The number of hydrogen-bond donors (Lipinski definition) is 2. The number of nitrogens with zero attached hydrogens (tertiary/aromatic N) is 5. The lowest BCUT2D eigenvalue weighted by Gasteiger charge is -2.09. The molecule has 2 N–H and O–H groups in total. The minimum absolute atomic E-state index is 0.0983. The predicted molar refractivity (Wildman–Crippen MR) is 72.0 cm³/mol. The minimum Gasteiger partial charge on any atom is -0.319 e. The summed E-state index contributed by atoms with van der Waals surface area (Å²) in [5.74, 6) is -0.452. The molecule has 0 aliphatic rings. The molecule has 9 nitrogen and oxygen atoms in total. The number of hydrogen-bond acceptors (Lipinski definition) is 6. The van der Waals surface area contributed by atoms with Crippen molar-refractivity contribution in [3.63, 3.8) is 0 Å². The number of amides is 1. The molecule has 0 fully saturated rings. The molecular formula is C12H9N7O2. The molecule has 2 heterocycles. The molecule has 2 aromatic heterocycles. The van der Waals surface area contributed by atoms with Gasteiger partial charge in [0.15, 0.2) is 0 Å². The van der Waals surface area contributed by atoms with Crippen molar-refractivity contribution in [3.05, 3.63) is 58.8 Å². The van der Waals surface area contributed by atoms with Gasteiger partial charge >= 0.3 is 0 Å². The van der Waals surface area contributed by atoms with Crippen molar-refractivity contribution < 1.29 is 4.79 Å². The zero-order valence-corrected chi connectivity index (χ0v) is 10.6. The molecule has 21 heavy (non-hydrogen) atoms. The number of carbonyl (C=O) groups is 1. The van der Waals surface area contributed by atoms with Crippen LogP contribution in [0, 0.1) is 0 Å². The van der Waals surface area contributed by atoms with Gasteiger partial charge in [-0.1, -0.05) is 12.1 Å². The van der Waals surface area contributed by atoms with Crippen LogP contribution in [0.1, 0.15) is 10.5 Å². The Balaban J connectivity index is 1.90.